The van der Waals surface area contributed by atoms with Crippen molar-refractivity contribution in [2.45, 2.75) is 50.7 Å². The second-order valence-electron chi connectivity index (χ2n) is 8.15. The third kappa shape index (κ3) is 3.28. The standard InChI is InChI=1S/C20H25N7OS/c1-12-11-21-27(24-12)15-6-7-17(18(28)10-15)19-22-23-20(29-19)26(3)16-8-13-4-5-14(9-16)25(13)2/h6-7,10-11,13-14,16,28H,4-5,8-9H2,1-3H3. The summed E-state index contributed by atoms with van der Waals surface area (Å²) in [5, 5.41) is 29.4. The molecule has 8 nitrogen and oxygen atoms in total. The van der Waals surface area contributed by atoms with Crippen LogP contribution in [0.25, 0.3) is 16.3 Å². The van der Waals surface area contributed by atoms with E-state index in [9.17, 15) is 5.11 Å². The molecule has 0 spiro atoms. The Labute approximate surface area is 173 Å². The summed E-state index contributed by atoms with van der Waals surface area (Å²) >= 11 is 1.52. The van der Waals surface area contributed by atoms with Crippen LogP contribution < -0.4 is 4.90 Å². The summed E-state index contributed by atoms with van der Waals surface area (Å²) in [7, 11) is 4.38. The molecule has 0 amide bonds. The number of phenols is 1. The number of piperidine rings is 1. The second-order valence-corrected chi connectivity index (χ2v) is 9.11. The molecule has 152 valence electrons. The fourth-order valence-corrected chi connectivity index (χ4v) is 5.52. The van der Waals surface area contributed by atoms with E-state index in [2.05, 4.69) is 44.3 Å². The summed E-state index contributed by atoms with van der Waals surface area (Å²) in [6, 6.07) is 7.26. The summed E-state index contributed by atoms with van der Waals surface area (Å²) < 4.78 is 0. The van der Waals surface area contributed by atoms with Gasteiger partial charge in [0.25, 0.3) is 0 Å². The maximum Gasteiger partial charge on any atom is 0.208 e. The highest BCUT2D eigenvalue weighted by atomic mass is 32.1. The molecular weight excluding hydrogens is 386 g/mol. The number of aromatic hydroxyl groups is 1. The van der Waals surface area contributed by atoms with Crippen LogP contribution in [0.1, 0.15) is 31.4 Å². The Morgan fingerprint density at radius 2 is 1.93 bits per heavy atom. The highest BCUT2D eigenvalue weighted by Gasteiger charge is 2.40. The lowest BCUT2D eigenvalue weighted by molar-refractivity contribution is 0.161. The van der Waals surface area contributed by atoms with Gasteiger partial charge in [-0.1, -0.05) is 11.3 Å². The molecule has 2 aliphatic heterocycles. The number of aromatic nitrogens is 5. The van der Waals surface area contributed by atoms with E-state index in [1.165, 1.54) is 41.8 Å². The lowest BCUT2D eigenvalue weighted by Crippen LogP contribution is -2.47. The van der Waals surface area contributed by atoms with E-state index < -0.39 is 0 Å². The van der Waals surface area contributed by atoms with Gasteiger partial charge in [0, 0.05) is 31.2 Å². The smallest absolute Gasteiger partial charge is 0.208 e. The number of anilines is 1. The van der Waals surface area contributed by atoms with Crippen LogP contribution in [-0.2, 0) is 0 Å². The number of benzene rings is 1. The molecule has 3 aromatic rings. The highest BCUT2D eigenvalue weighted by Crippen LogP contribution is 2.39. The van der Waals surface area contributed by atoms with Gasteiger partial charge in [0.2, 0.25) is 5.13 Å². The van der Waals surface area contributed by atoms with Gasteiger partial charge in [-0.15, -0.1) is 10.2 Å². The fourth-order valence-electron chi connectivity index (χ4n) is 4.61. The third-order valence-corrected chi connectivity index (χ3v) is 7.43. The van der Waals surface area contributed by atoms with Crippen LogP contribution in [0.3, 0.4) is 0 Å². The first-order valence-corrected chi connectivity index (χ1v) is 10.8. The summed E-state index contributed by atoms with van der Waals surface area (Å²) in [4.78, 5) is 6.33. The van der Waals surface area contributed by atoms with Crippen molar-refractivity contribution in [3.63, 3.8) is 0 Å². The molecule has 2 unspecified atom stereocenters. The highest BCUT2D eigenvalue weighted by molar-refractivity contribution is 7.18. The van der Waals surface area contributed by atoms with Crippen LogP contribution in [0, 0.1) is 6.92 Å². The zero-order valence-corrected chi connectivity index (χ0v) is 17.7. The zero-order chi connectivity index (χ0) is 20.1. The van der Waals surface area contributed by atoms with Gasteiger partial charge in [-0.3, -0.25) is 0 Å². The topological polar surface area (TPSA) is 83.2 Å². The van der Waals surface area contributed by atoms with Gasteiger partial charge in [-0.25, -0.2) is 0 Å². The van der Waals surface area contributed by atoms with Crippen LogP contribution in [-0.4, -0.2) is 67.4 Å². The van der Waals surface area contributed by atoms with Crippen molar-refractivity contribution in [1.29, 1.82) is 0 Å². The summed E-state index contributed by atoms with van der Waals surface area (Å²) in [6.45, 7) is 1.88. The quantitative estimate of drug-likeness (QED) is 0.707. The van der Waals surface area contributed by atoms with Crippen molar-refractivity contribution < 1.29 is 5.11 Å². The van der Waals surface area contributed by atoms with Gasteiger partial charge in [0.05, 0.1) is 23.1 Å². The molecule has 2 saturated heterocycles. The Morgan fingerprint density at radius 3 is 2.59 bits per heavy atom. The Hall–Kier alpha value is -2.52. The van der Waals surface area contributed by atoms with E-state index in [1.54, 1.807) is 12.3 Å². The van der Waals surface area contributed by atoms with Crippen LogP contribution in [0.4, 0.5) is 5.13 Å². The third-order valence-electron chi connectivity index (χ3n) is 6.39. The first-order valence-electron chi connectivity index (χ1n) is 10.0. The van der Waals surface area contributed by atoms with Crippen LogP contribution in [0.5, 0.6) is 5.75 Å². The minimum absolute atomic E-state index is 0.153. The fraction of sp³-hybridized carbons (Fsp3) is 0.500. The predicted octanol–water partition coefficient (Wildman–Crippen LogP) is 2.86. The molecule has 1 aromatic carbocycles. The molecule has 2 bridgehead atoms. The molecule has 5 rings (SSSR count). The molecule has 0 saturated carbocycles. The van der Waals surface area contributed by atoms with E-state index in [0.717, 1.165) is 15.8 Å². The number of aryl methyl sites for hydroxylation is 1. The molecule has 2 aromatic heterocycles. The molecule has 2 aliphatic rings. The van der Waals surface area contributed by atoms with Gasteiger partial charge in [0.15, 0.2) is 5.01 Å². The lowest BCUT2D eigenvalue weighted by Gasteiger charge is -2.40. The Balaban J connectivity index is 1.36. The molecule has 2 atom stereocenters. The number of fused-ring (bicyclic) bond motifs is 2. The molecular formula is C20H25N7OS. The van der Waals surface area contributed by atoms with E-state index >= 15 is 0 Å². The molecule has 0 aliphatic carbocycles. The normalized spacial score (nSPS) is 24.2. The van der Waals surface area contributed by atoms with Crippen molar-refractivity contribution in [1.82, 2.24) is 30.1 Å². The molecule has 2 fully saturated rings. The lowest BCUT2D eigenvalue weighted by atomic mass is 9.97. The van der Waals surface area contributed by atoms with Gasteiger partial charge < -0.3 is 14.9 Å². The number of hydrogen-bond donors (Lipinski definition) is 1. The number of nitrogens with zero attached hydrogens (tertiary/aromatic N) is 7. The molecule has 0 radical (unpaired) electrons. The van der Waals surface area contributed by atoms with E-state index in [-0.39, 0.29) is 5.75 Å². The van der Waals surface area contributed by atoms with Crippen molar-refractivity contribution in [3.8, 4) is 22.0 Å². The minimum Gasteiger partial charge on any atom is -0.507 e. The maximum atomic E-state index is 10.6. The van der Waals surface area contributed by atoms with E-state index in [1.807, 2.05) is 19.1 Å². The van der Waals surface area contributed by atoms with Crippen LogP contribution in [0.2, 0.25) is 0 Å². The van der Waals surface area contributed by atoms with Crippen molar-refractivity contribution >= 4 is 16.5 Å². The Morgan fingerprint density at radius 1 is 1.17 bits per heavy atom. The van der Waals surface area contributed by atoms with Crippen molar-refractivity contribution in [2.75, 3.05) is 19.0 Å². The van der Waals surface area contributed by atoms with Crippen molar-refractivity contribution in [3.05, 3.63) is 30.1 Å². The maximum absolute atomic E-state index is 10.6. The first kappa shape index (κ1) is 18.5. The summed E-state index contributed by atoms with van der Waals surface area (Å²) in [5.74, 6) is 0.153. The number of phenolic OH excluding ortho intramolecular Hbond substituents is 1. The van der Waals surface area contributed by atoms with Gasteiger partial charge in [0.1, 0.15) is 5.75 Å². The SMILES string of the molecule is Cc1cnn(-c2ccc(-c3nnc(N(C)C4CC5CCC(C4)N5C)s3)c(O)c2)n1. The molecule has 4 heterocycles. The largest absolute Gasteiger partial charge is 0.507 e. The Bertz CT molecular complexity index is 1020. The van der Waals surface area contributed by atoms with E-state index in [4.69, 9.17) is 0 Å². The predicted molar refractivity (Wildman–Crippen MR) is 113 cm³/mol. The molecule has 29 heavy (non-hydrogen) atoms. The van der Waals surface area contributed by atoms with Crippen LogP contribution in [0.15, 0.2) is 24.4 Å². The monoisotopic (exact) mass is 411 g/mol. The van der Waals surface area contributed by atoms with Gasteiger partial charge in [-0.2, -0.15) is 15.0 Å². The number of rotatable bonds is 4. The van der Waals surface area contributed by atoms with E-state index in [0.29, 0.717) is 29.4 Å². The average Bonchev–Trinajstić information content (AvgIpc) is 3.40. The van der Waals surface area contributed by atoms with Crippen LogP contribution >= 0.6 is 11.3 Å². The summed E-state index contributed by atoms with van der Waals surface area (Å²) in [5.41, 5.74) is 2.22. The van der Waals surface area contributed by atoms with Gasteiger partial charge >= 0.3 is 0 Å². The van der Waals surface area contributed by atoms with Crippen molar-refractivity contribution in [2.24, 2.45) is 0 Å². The first-order chi connectivity index (χ1) is 14.0. The Kier molecular flexibility index (Phi) is 4.51. The average molecular weight is 412 g/mol. The second kappa shape index (κ2) is 7.07. The van der Waals surface area contributed by atoms with Gasteiger partial charge in [-0.05, 0) is 51.8 Å². The zero-order valence-electron chi connectivity index (χ0n) is 16.9. The molecule has 9 heteroatoms. The molecule has 1 N–H and O–H groups in total. The minimum atomic E-state index is 0.153. The summed E-state index contributed by atoms with van der Waals surface area (Å²) in [6.07, 6.45) is 6.64. The number of hydrogen-bond acceptors (Lipinski definition) is 8.